The molecule has 0 aromatic heterocycles. The van der Waals surface area contributed by atoms with Gasteiger partial charge in [-0.05, 0) is 73.2 Å². The average molecular weight is 566 g/mol. The van der Waals surface area contributed by atoms with Crippen molar-refractivity contribution in [2.75, 3.05) is 10.6 Å². The van der Waals surface area contributed by atoms with Crippen LogP contribution in [0.4, 0.5) is 11.4 Å². The van der Waals surface area contributed by atoms with Gasteiger partial charge < -0.3 is 21.1 Å². The van der Waals surface area contributed by atoms with Crippen molar-refractivity contribution in [3.05, 3.63) is 132 Å². The van der Waals surface area contributed by atoms with Gasteiger partial charge in [0.25, 0.3) is 11.8 Å². The highest BCUT2D eigenvalue weighted by atomic mass is 32.2. The standard InChI is InChI=1S/C32H27N3O5S/c1-21(29(36)33-25-17-15-24(16-18-25)32(39)40)41-27-14-8-13-26(20-27)34-31(38)28(19-22-9-4-2-5-10-22)35-30(37)23-11-6-3-7-12-23/h2-21H,1H3,(H,33,36)(H,34,38)(H,35,37)(H,39,40)/b28-19-. The second-order valence-corrected chi connectivity index (χ2v) is 10.3. The summed E-state index contributed by atoms with van der Waals surface area (Å²) in [5.41, 5.74) is 2.35. The van der Waals surface area contributed by atoms with Gasteiger partial charge in [0, 0.05) is 21.8 Å². The number of carbonyl (C=O) groups excluding carboxylic acids is 3. The molecule has 4 rings (SSSR count). The van der Waals surface area contributed by atoms with Gasteiger partial charge in [-0.3, -0.25) is 14.4 Å². The molecular weight excluding hydrogens is 538 g/mol. The van der Waals surface area contributed by atoms with Crippen molar-refractivity contribution in [3.8, 4) is 0 Å². The fraction of sp³-hybridized carbons (Fsp3) is 0.0625. The molecule has 1 atom stereocenters. The zero-order valence-corrected chi connectivity index (χ0v) is 22.9. The molecule has 41 heavy (non-hydrogen) atoms. The normalized spacial score (nSPS) is 11.7. The fourth-order valence-corrected chi connectivity index (χ4v) is 4.63. The van der Waals surface area contributed by atoms with E-state index in [-0.39, 0.29) is 17.2 Å². The predicted octanol–water partition coefficient (Wildman–Crippen LogP) is 5.91. The Morgan fingerprint density at radius 3 is 2.05 bits per heavy atom. The maximum absolute atomic E-state index is 13.3. The van der Waals surface area contributed by atoms with E-state index in [1.807, 2.05) is 36.4 Å². The van der Waals surface area contributed by atoms with E-state index in [9.17, 15) is 19.2 Å². The third-order valence-electron chi connectivity index (χ3n) is 5.81. The molecule has 0 spiro atoms. The van der Waals surface area contributed by atoms with Crippen molar-refractivity contribution >= 4 is 52.9 Å². The lowest BCUT2D eigenvalue weighted by molar-refractivity contribution is -0.115. The van der Waals surface area contributed by atoms with E-state index in [1.54, 1.807) is 61.5 Å². The molecule has 0 fully saturated rings. The van der Waals surface area contributed by atoms with Crippen LogP contribution in [0.25, 0.3) is 6.08 Å². The van der Waals surface area contributed by atoms with Crippen LogP contribution in [0.2, 0.25) is 0 Å². The zero-order valence-electron chi connectivity index (χ0n) is 22.0. The van der Waals surface area contributed by atoms with Crippen molar-refractivity contribution in [3.63, 3.8) is 0 Å². The molecule has 0 saturated heterocycles. The maximum atomic E-state index is 13.3. The number of rotatable bonds is 10. The molecule has 3 amide bonds. The number of benzene rings is 4. The van der Waals surface area contributed by atoms with Crippen molar-refractivity contribution < 1.29 is 24.3 Å². The Hall–Kier alpha value is -5.15. The van der Waals surface area contributed by atoms with Gasteiger partial charge in [0.2, 0.25) is 5.91 Å². The maximum Gasteiger partial charge on any atom is 0.335 e. The molecule has 9 heteroatoms. The first kappa shape index (κ1) is 28.8. The van der Waals surface area contributed by atoms with E-state index < -0.39 is 23.0 Å². The highest BCUT2D eigenvalue weighted by Crippen LogP contribution is 2.27. The van der Waals surface area contributed by atoms with E-state index in [2.05, 4.69) is 16.0 Å². The molecule has 4 aromatic carbocycles. The summed E-state index contributed by atoms with van der Waals surface area (Å²) in [5.74, 6) is -2.22. The second-order valence-electron chi connectivity index (χ2n) is 8.90. The Kier molecular flexibility index (Phi) is 9.69. The van der Waals surface area contributed by atoms with Crippen molar-refractivity contribution in [2.45, 2.75) is 17.1 Å². The van der Waals surface area contributed by atoms with Crippen LogP contribution >= 0.6 is 11.8 Å². The third-order valence-corrected chi connectivity index (χ3v) is 6.91. The van der Waals surface area contributed by atoms with Crippen LogP contribution in [0.15, 0.2) is 120 Å². The monoisotopic (exact) mass is 565 g/mol. The average Bonchev–Trinajstić information content (AvgIpc) is 2.98. The summed E-state index contributed by atoms with van der Waals surface area (Å²) in [7, 11) is 0. The molecule has 0 radical (unpaired) electrons. The van der Waals surface area contributed by atoms with Crippen LogP contribution < -0.4 is 16.0 Å². The summed E-state index contributed by atoms with van der Waals surface area (Å²) in [6.07, 6.45) is 1.60. The van der Waals surface area contributed by atoms with Gasteiger partial charge in [-0.1, -0.05) is 54.6 Å². The Morgan fingerprint density at radius 1 is 0.732 bits per heavy atom. The fourth-order valence-electron chi connectivity index (χ4n) is 3.70. The van der Waals surface area contributed by atoms with Crippen LogP contribution in [0.1, 0.15) is 33.2 Å². The number of thioether (sulfide) groups is 1. The minimum atomic E-state index is -1.04. The summed E-state index contributed by atoms with van der Waals surface area (Å²) in [6.45, 7) is 1.75. The lowest BCUT2D eigenvalue weighted by Crippen LogP contribution is -2.30. The third kappa shape index (κ3) is 8.42. The molecule has 0 bridgehead atoms. The van der Waals surface area contributed by atoms with Gasteiger partial charge in [0.15, 0.2) is 0 Å². The summed E-state index contributed by atoms with van der Waals surface area (Å²) < 4.78 is 0. The summed E-state index contributed by atoms with van der Waals surface area (Å²) >= 11 is 1.30. The van der Waals surface area contributed by atoms with E-state index in [0.29, 0.717) is 16.9 Å². The van der Waals surface area contributed by atoms with Gasteiger partial charge in [0.05, 0.1) is 10.8 Å². The van der Waals surface area contributed by atoms with Gasteiger partial charge in [-0.25, -0.2) is 4.79 Å². The van der Waals surface area contributed by atoms with Gasteiger partial charge in [-0.15, -0.1) is 11.8 Å². The van der Waals surface area contributed by atoms with E-state index in [0.717, 1.165) is 10.5 Å². The number of carboxylic acids is 1. The largest absolute Gasteiger partial charge is 0.478 e. The summed E-state index contributed by atoms with van der Waals surface area (Å²) in [5, 5.41) is 16.9. The number of carbonyl (C=O) groups is 4. The molecule has 0 aliphatic carbocycles. The smallest absolute Gasteiger partial charge is 0.335 e. The van der Waals surface area contributed by atoms with E-state index in [4.69, 9.17) is 5.11 Å². The minimum absolute atomic E-state index is 0.0739. The first-order valence-electron chi connectivity index (χ1n) is 12.6. The summed E-state index contributed by atoms with van der Waals surface area (Å²) in [6, 6.07) is 30.8. The topological polar surface area (TPSA) is 125 Å². The van der Waals surface area contributed by atoms with Crippen molar-refractivity contribution in [1.29, 1.82) is 0 Å². The number of aromatic carboxylic acids is 1. The number of anilines is 2. The lowest BCUT2D eigenvalue weighted by atomic mass is 10.1. The molecular formula is C32H27N3O5S. The Balaban J connectivity index is 1.44. The van der Waals surface area contributed by atoms with Crippen LogP contribution in [-0.2, 0) is 9.59 Å². The number of nitrogens with one attached hydrogen (secondary N) is 3. The molecule has 0 saturated carbocycles. The molecule has 0 aliphatic rings. The minimum Gasteiger partial charge on any atom is -0.478 e. The molecule has 4 N–H and O–H groups in total. The molecule has 4 aromatic rings. The molecule has 0 aliphatic heterocycles. The quantitative estimate of drug-likeness (QED) is 0.140. The Labute approximate surface area is 241 Å². The SMILES string of the molecule is CC(Sc1cccc(NC(=O)/C(=C/c2ccccc2)NC(=O)c2ccccc2)c1)C(=O)Nc1ccc(C(=O)O)cc1. The Bertz CT molecular complexity index is 1570. The van der Waals surface area contributed by atoms with Crippen molar-refractivity contribution in [2.24, 2.45) is 0 Å². The molecule has 206 valence electrons. The highest BCUT2D eigenvalue weighted by molar-refractivity contribution is 8.00. The lowest BCUT2D eigenvalue weighted by Gasteiger charge is -2.14. The van der Waals surface area contributed by atoms with Crippen LogP contribution in [0, 0.1) is 0 Å². The first-order valence-corrected chi connectivity index (χ1v) is 13.5. The number of hydrogen-bond acceptors (Lipinski definition) is 5. The van der Waals surface area contributed by atoms with E-state index >= 15 is 0 Å². The van der Waals surface area contributed by atoms with Gasteiger partial charge >= 0.3 is 5.97 Å². The summed E-state index contributed by atoms with van der Waals surface area (Å²) in [4.78, 5) is 50.6. The van der Waals surface area contributed by atoms with Crippen LogP contribution in [-0.4, -0.2) is 34.0 Å². The first-order chi connectivity index (χ1) is 19.8. The second kappa shape index (κ2) is 13.8. The molecule has 8 nitrogen and oxygen atoms in total. The number of amides is 3. The highest BCUT2D eigenvalue weighted by Gasteiger charge is 2.17. The van der Waals surface area contributed by atoms with Crippen LogP contribution in [0.3, 0.4) is 0 Å². The van der Waals surface area contributed by atoms with Crippen LogP contribution in [0.5, 0.6) is 0 Å². The van der Waals surface area contributed by atoms with Gasteiger partial charge in [-0.2, -0.15) is 0 Å². The predicted molar refractivity (Wildman–Crippen MR) is 161 cm³/mol. The molecule has 1 unspecified atom stereocenters. The zero-order chi connectivity index (χ0) is 29.2. The number of hydrogen-bond donors (Lipinski definition) is 4. The van der Waals surface area contributed by atoms with Gasteiger partial charge in [0.1, 0.15) is 5.70 Å². The van der Waals surface area contributed by atoms with E-state index in [1.165, 1.54) is 36.0 Å². The molecule has 0 heterocycles. The Morgan fingerprint density at radius 2 is 1.39 bits per heavy atom. The number of carboxylic acid groups (broad SMARTS) is 1. The van der Waals surface area contributed by atoms with Crippen molar-refractivity contribution in [1.82, 2.24) is 5.32 Å².